The molecule has 3 amide bonds. The molecule has 2 aromatic carbocycles. The first-order valence-electron chi connectivity index (χ1n) is 11.1. The number of hydrogen-bond donors (Lipinski definition) is 1. The molecule has 8 heteroatoms. The van der Waals surface area contributed by atoms with Gasteiger partial charge in [0.1, 0.15) is 0 Å². The third kappa shape index (κ3) is 3.76. The molecule has 4 atom stereocenters. The van der Waals surface area contributed by atoms with E-state index in [1.54, 1.807) is 18.2 Å². The minimum Gasteiger partial charge on any atom is -0.452 e. The molecule has 2 fully saturated rings. The summed E-state index contributed by atoms with van der Waals surface area (Å²) >= 11 is 3.37. The van der Waals surface area contributed by atoms with Crippen molar-refractivity contribution in [2.24, 2.45) is 23.7 Å². The van der Waals surface area contributed by atoms with Gasteiger partial charge in [0.25, 0.3) is 5.91 Å². The number of aryl methyl sites for hydroxylation is 1. The van der Waals surface area contributed by atoms with Crippen molar-refractivity contribution < 1.29 is 23.9 Å². The first-order valence-corrected chi connectivity index (χ1v) is 11.9. The number of carbonyl (C=O) groups is 4. The van der Waals surface area contributed by atoms with E-state index in [2.05, 4.69) is 27.3 Å². The van der Waals surface area contributed by atoms with Gasteiger partial charge in [0.05, 0.1) is 23.1 Å². The molecule has 2 bridgehead atoms. The Morgan fingerprint density at radius 3 is 2.47 bits per heavy atom. The molecule has 1 saturated heterocycles. The average molecular weight is 523 g/mol. The van der Waals surface area contributed by atoms with Crippen molar-refractivity contribution in [1.29, 1.82) is 0 Å². The Hall–Kier alpha value is -3.26. The summed E-state index contributed by atoms with van der Waals surface area (Å²) in [7, 11) is 0. The molecule has 34 heavy (non-hydrogen) atoms. The number of nitrogens with zero attached hydrogens (tertiary/aromatic N) is 1. The van der Waals surface area contributed by atoms with E-state index in [0.29, 0.717) is 11.4 Å². The molecular weight excluding hydrogens is 500 g/mol. The van der Waals surface area contributed by atoms with Gasteiger partial charge < -0.3 is 10.1 Å². The molecule has 174 valence electrons. The van der Waals surface area contributed by atoms with E-state index < -0.39 is 18.5 Å². The van der Waals surface area contributed by atoms with Crippen LogP contribution < -0.4 is 10.2 Å². The summed E-state index contributed by atoms with van der Waals surface area (Å²) in [6.45, 7) is 3.46. The fourth-order valence-corrected chi connectivity index (χ4v) is 5.92. The molecule has 1 N–H and O–H groups in total. The van der Waals surface area contributed by atoms with Gasteiger partial charge in [-0.15, -0.1) is 0 Å². The predicted molar refractivity (Wildman–Crippen MR) is 129 cm³/mol. The largest absolute Gasteiger partial charge is 0.452 e. The predicted octanol–water partition coefficient (Wildman–Crippen LogP) is 4.25. The molecule has 0 spiro atoms. The molecule has 2 aliphatic carbocycles. The number of ether oxygens (including phenoxy) is 1. The zero-order valence-corrected chi connectivity index (χ0v) is 20.3. The number of esters is 1. The van der Waals surface area contributed by atoms with Crippen LogP contribution in [-0.2, 0) is 19.1 Å². The lowest BCUT2D eigenvalue weighted by Gasteiger charge is -2.19. The Morgan fingerprint density at radius 1 is 1.06 bits per heavy atom. The van der Waals surface area contributed by atoms with Gasteiger partial charge in [0, 0.05) is 10.2 Å². The van der Waals surface area contributed by atoms with Gasteiger partial charge in [-0.25, -0.2) is 4.79 Å². The highest BCUT2D eigenvalue weighted by atomic mass is 79.9. The maximum atomic E-state index is 13.1. The van der Waals surface area contributed by atoms with Gasteiger partial charge >= 0.3 is 5.97 Å². The van der Waals surface area contributed by atoms with Crippen LogP contribution in [0.2, 0.25) is 0 Å². The van der Waals surface area contributed by atoms with Crippen LogP contribution >= 0.6 is 15.9 Å². The number of nitrogens with one attached hydrogen (secondary N) is 1. The number of benzene rings is 2. The van der Waals surface area contributed by atoms with Crippen molar-refractivity contribution in [1.82, 2.24) is 0 Å². The topological polar surface area (TPSA) is 92.8 Å². The highest BCUT2D eigenvalue weighted by Crippen LogP contribution is 2.55. The zero-order chi connectivity index (χ0) is 24.1. The van der Waals surface area contributed by atoms with Gasteiger partial charge in [-0.2, -0.15) is 0 Å². The van der Waals surface area contributed by atoms with E-state index in [4.69, 9.17) is 4.74 Å². The number of fused-ring (bicyclic) bond motifs is 5. The van der Waals surface area contributed by atoms with E-state index >= 15 is 0 Å². The monoisotopic (exact) mass is 522 g/mol. The van der Waals surface area contributed by atoms with Gasteiger partial charge in [0.15, 0.2) is 6.61 Å². The van der Waals surface area contributed by atoms with Gasteiger partial charge in [-0.3, -0.25) is 19.3 Å². The van der Waals surface area contributed by atoms with E-state index in [-0.39, 0.29) is 41.0 Å². The van der Waals surface area contributed by atoms with Crippen LogP contribution in [0.5, 0.6) is 0 Å². The van der Waals surface area contributed by atoms with Crippen molar-refractivity contribution in [3.63, 3.8) is 0 Å². The third-order valence-electron chi connectivity index (χ3n) is 7.04. The van der Waals surface area contributed by atoms with Crippen LogP contribution in [0.15, 0.2) is 58.6 Å². The molecule has 1 aliphatic heterocycles. The lowest BCUT2D eigenvalue weighted by Crippen LogP contribution is -2.33. The Labute approximate surface area is 205 Å². The average Bonchev–Trinajstić information content (AvgIpc) is 3.44. The molecule has 0 unspecified atom stereocenters. The van der Waals surface area contributed by atoms with Gasteiger partial charge in [-0.1, -0.05) is 27.6 Å². The molecular formula is C26H23BrN2O5. The summed E-state index contributed by atoms with van der Waals surface area (Å²) in [5, 5.41) is 2.71. The molecule has 5 rings (SSSR count). The Morgan fingerprint density at radius 2 is 1.76 bits per heavy atom. The lowest BCUT2D eigenvalue weighted by molar-refractivity contribution is -0.123. The third-order valence-corrected chi connectivity index (χ3v) is 7.53. The Bertz CT molecular complexity index is 1250. The van der Waals surface area contributed by atoms with Crippen molar-refractivity contribution in [2.75, 3.05) is 16.8 Å². The van der Waals surface area contributed by atoms with Gasteiger partial charge in [-0.05, 0) is 80.1 Å². The quantitative estimate of drug-likeness (QED) is 0.360. The first-order chi connectivity index (χ1) is 16.2. The van der Waals surface area contributed by atoms with Crippen LogP contribution in [0.4, 0.5) is 11.4 Å². The number of amides is 3. The minimum atomic E-state index is -0.664. The summed E-state index contributed by atoms with van der Waals surface area (Å²) in [5.41, 5.74) is 3.39. The van der Waals surface area contributed by atoms with Crippen molar-refractivity contribution in [2.45, 2.75) is 20.3 Å². The Balaban J connectivity index is 1.21. The highest BCUT2D eigenvalue weighted by Gasteiger charge is 2.60. The fourth-order valence-electron chi connectivity index (χ4n) is 5.44. The van der Waals surface area contributed by atoms with Crippen LogP contribution in [-0.4, -0.2) is 30.3 Å². The maximum Gasteiger partial charge on any atom is 0.338 e. The number of allylic oxidation sites excluding steroid dienone is 2. The van der Waals surface area contributed by atoms with Crippen LogP contribution in [0.25, 0.3) is 0 Å². The SMILES string of the molecule is CC1=C[C@H]2C[C@H]1[C@H]1C(=O)N(c3ccc(C(=O)OCC(=O)Nc4ccc(Br)cc4C)cc3)C(=O)[C@@H]12. The normalized spacial score (nSPS) is 24.8. The lowest BCUT2D eigenvalue weighted by atomic mass is 9.82. The number of anilines is 2. The van der Waals surface area contributed by atoms with E-state index in [0.717, 1.165) is 16.5 Å². The molecule has 1 saturated carbocycles. The molecule has 1 heterocycles. The van der Waals surface area contributed by atoms with Crippen LogP contribution in [0, 0.1) is 30.6 Å². The molecule has 2 aromatic rings. The Kier molecular flexibility index (Phi) is 5.64. The maximum absolute atomic E-state index is 13.1. The summed E-state index contributed by atoms with van der Waals surface area (Å²) in [4.78, 5) is 51.9. The number of halogens is 1. The summed E-state index contributed by atoms with van der Waals surface area (Å²) in [5.74, 6) is -1.71. The van der Waals surface area contributed by atoms with Crippen molar-refractivity contribution in [3.05, 3.63) is 69.7 Å². The second-order valence-corrected chi connectivity index (χ2v) is 10.0. The van der Waals surface area contributed by atoms with Crippen molar-refractivity contribution in [3.8, 4) is 0 Å². The second kappa shape index (κ2) is 8.51. The van der Waals surface area contributed by atoms with E-state index in [1.807, 2.05) is 26.0 Å². The number of hydrogen-bond acceptors (Lipinski definition) is 5. The van der Waals surface area contributed by atoms with Crippen molar-refractivity contribution >= 4 is 51.0 Å². The molecule has 0 radical (unpaired) electrons. The van der Waals surface area contributed by atoms with E-state index in [1.165, 1.54) is 22.6 Å². The number of rotatable bonds is 5. The van der Waals surface area contributed by atoms with Crippen LogP contribution in [0.3, 0.4) is 0 Å². The van der Waals surface area contributed by atoms with Crippen LogP contribution in [0.1, 0.15) is 29.3 Å². The standard InChI is InChI=1S/C26H23BrN2O5/c1-13-9-16-11-19(13)23-22(16)24(31)29(25(23)32)18-6-3-15(4-7-18)26(33)34-12-21(30)28-20-8-5-17(27)10-14(20)2/h3-10,16,19,22-23H,11-12H2,1-2H3,(H,28,30)/t16-,19+,22+,23+/m0/s1. The number of imide groups is 1. The summed E-state index contributed by atoms with van der Waals surface area (Å²) < 4.78 is 6.03. The summed E-state index contributed by atoms with van der Waals surface area (Å²) in [6.07, 6.45) is 3.01. The zero-order valence-electron chi connectivity index (χ0n) is 18.7. The first kappa shape index (κ1) is 22.5. The highest BCUT2D eigenvalue weighted by molar-refractivity contribution is 9.10. The molecule has 3 aliphatic rings. The van der Waals surface area contributed by atoms with Gasteiger partial charge in [0.2, 0.25) is 11.8 Å². The molecule has 7 nitrogen and oxygen atoms in total. The van der Waals surface area contributed by atoms with E-state index in [9.17, 15) is 19.2 Å². The second-order valence-electron chi connectivity index (χ2n) is 9.11. The smallest absolute Gasteiger partial charge is 0.338 e. The summed E-state index contributed by atoms with van der Waals surface area (Å²) in [6, 6.07) is 11.6. The minimum absolute atomic E-state index is 0.137. The number of carbonyl (C=O) groups excluding carboxylic acids is 4. The fraction of sp³-hybridized carbons (Fsp3) is 0.308. The molecule has 0 aromatic heterocycles.